The van der Waals surface area contributed by atoms with Gasteiger partial charge in [0.1, 0.15) is 0 Å². The van der Waals surface area contributed by atoms with Crippen LogP contribution in [0.5, 0.6) is 0 Å². The van der Waals surface area contributed by atoms with E-state index in [4.69, 9.17) is 0 Å². The lowest BCUT2D eigenvalue weighted by molar-refractivity contribution is -0.150. The van der Waals surface area contributed by atoms with Crippen LogP contribution < -0.4 is 0 Å². The summed E-state index contributed by atoms with van der Waals surface area (Å²) in [5, 5.41) is 18.9. The number of aliphatic hydroxyl groups is 1. The number of hydrogen-bond donors (Lipinski definition) is 2. The van der Waals surface area contributed by atoms with Crippen LogP contribution in [0, 0.1) is 23.7 Å². The van der Waals surface area contributed by atoms with Crippen molar-refractivity contribution in [2.75, 3.05) is 13.1 Å². The molecule has 1 aliphatic carbocycles. The summed E-state index contributed by atoms with van der Waals surface area (Å²) in [7, 11) is 0. The molecule has 2 aliphatic rings. The van der Waals surface area contributed by atoms with Crippen molar-refractivity contribution >= 4 is 11.9 Å². The fraction of sp³-hybridized carbons (Fsp3) is 0.857. The number of aliphatic carboxylic acids is 1. The van der Waals surface area contributed by atoms with E-state index in [1.165, 1.54) is 0 Å². The van der Waals surface area contributed by atoms with Crippen molar-refractivity contribution in [2.45, 2.75) is 39.2 Å². The van der Waals surface area contributed by atoms with Crippen LogP contribution in [0.15, 0.2) is 0 Å². The Bertz CT molecular complexity index is 370. The van der Waals surface area contributed by atoms with Crippen LogP contribution in [0.25, 0.3) is 0 Å². The first-order chi connectivity index (χ1) is 8.90. The molecule has 0 bridgehead atoms. The molecule has 5 nitrogen and oxygen atoms in total. The summed E-state index contributed by atoms with van der Waals surface area (Å²) in [5.74, 6) is -1.44. The zero-order valence-corrected chi connectivity index (χ0v) is 11.6. The molecule has 5 atom stereocenters. The van der Waals surface area contributed by atoms with Gasteiger partial charge < -0.3 is 15.1 Å². The first kappa shape index (κ1) is 14.3. The van der Waals surface area contributed by atoms with E-state index < -0.39 is 11.9 Å². The van der Waals surface area contributed by atoms with Gasteiger partial charge in [-0.15, -0.1) is 0 Å². The maximum absolute atomic E-state index is 12.5. The quantitative estimate of drug-likeness (QED) is 0.783. The van der Waals surface area contributed by atoms with Crippen LogP contribution in [0.4, 0.5) is 0 Å². The molecule has 0 aromatic heterocycles. The van der Waals surface area contributed by atoms with Crippen molar-refractivity contribution in [3.8, 4) is 0 Å². The third kappa shape index (κ3) is 2.91. The second kappa shape index (κ2) is 5.49. The van der Waals surface area contributed by atoms with E-state index in [0.29, 0.717) is 38.3 Å². The van der Waals surface area contributed by atoms with Gasteiger partial charge in [0.15, 0.2) is 0 Å². The van der Waals surface area contributed by atoms with Gasteiger partial charge in [0.2, 0.25) is 5.91 Å². The van der Waals surface area contributed by atoms with Gasteiger partial charge in [-0.25, -0.2) is 0 Å². The minimum atomic E-state index is -0.854. The summed E-state index contributed by atoms with van der Waals surface area (Å²) >= 11 is 0. The normalized spacial score (nSPS) is 39.3. The van der Waals surface area contributed by atoms with Crippen molar-refractivity contribution in [3.63, 3.8) is 0 Å². The molecule has 3 unspecified atom stereocenters. The molecule has 0 aromatic rings. The highest BCUT2D eigenvalue weighted by atomic mass is 16.4. The summed E-state index contributed by atoms with van der Waals surface area (Å²) in [6.07, 6.45) is 1.51. The van der Waals surface area contributed by atoms with Gasteiger partial charge in [-0.2, -0.15) is 0 Å². The summed E-state index contributed by atoms with van der Waals surface area (Å²) in [6.45, 7) is 5.01. The van der Waals surface area contributed by atoms with Gasteiger partial charge in [-0.05, 0) is 31.1 Å². The predicted octanol–water partition coefficient (Wildman–Crippen LogP) is 0.963. The fourth-order valence-electron chi connectivity index (χ4n) is 3.41. The molecule has 2 rings (SSSR count). The summed E-state index contributed by atoms with van der Waals surface area (Å²) in [6, 6.07) is 0. The molecular weight excluding hydrogens is 246 g/mol. The molecule has 1 saturated heterocycles. The maximum Gasteiger partial charge on any atom is 0.307 e. The van der Waals surface area contributed by atoms with E-state index in [9.17, 15) is 19.8 Å². The van der Waals surface area contributed by atoms with Crippen molar-refractivity contribution in [2.24, 2.45) is 23.7 Å². The molecule has 2 fully saturated rings. The molecule has 0 spiro atoms. The molecule has 1 saturated carbocycles. The van der Waals surface area contributed by atoms with E-state index in [2.05, 4.69) is 0 Å². The second-order valence-corrected chi connectivity index (χ2v) is 6.25. The Morgan fingerprint density at radius 2 is 1.79 bits per heavy atom. The molecule has 5 heteroatoms. The standard InChI is InChI=1S/C14H23NO4/c1-8-5-10(11(6-8)14(18)19)13(17)15-4-3-12(16)9(2)7-15/h8-12,16H,3-7H2,1-2H3,(H,18,19)/t8?,9?,10-,11+,12?/m0/s1. The van der Waals surface area contributed by atoms with E-state index in [-0.39, 0.29) is 23.8 Å². The van der Waals surface area contributed by atoms with Crippen LogP contribution in [-0.4, -0.2) is 46.2 Å². The molecule has 19 heavy (non-hydrogen) atoms. The Morgan fingerprint density at radius 3 is 2.37 bits per heavy atom. The smallest absolute Gasteiger partial charge is 0.307 e. The Balaban J connectivity index is 2.04. The van der Waals surface area contributed by atoms with Gasteiger partial charge in [0, 0.05) is 13.1 Å². The molecule has 108 valence electrons. The topological polar surface area (TPSA) is 77.8 Å². The largest absolute Gasteiger partial charge is 0.481 e. The Hall–Kier alpha value is -1.10. The molecule has 2 N–H and O–H groups in total. The number of nitrogens with zero attached hydrogens (tertiary/aromatic N) is 1. The second-order valence-electron chi connectivity index (χ2n) is 6.25. The van der Waals surface area contributed by atoms with E-state index in [1.54, 1.807) is 4.90 Å². The number of rotatable bonds is 2. The molecule has 1 heterocycles. The predicted molar refractivity (Wildman–Crippen MR) is 69.4 cm³/mol. The average Bonchev–Trinajstić information content (AvgIpc) is 2.74. The van der Waals surface area contributed by atoms with Crippen molar-refractivity contribution in [3.05, 3.63) is 0 Å². The summed E-state index contributed by atoms with van der Waals surface area (Å²) < 4.78 is 0. The number of piperidine rings is 1. The Kier molecular flexibility index (Phi) is 4.13. The Labute approximate surface area is 113 Å². The van der Waals surface area contributed by atoms with Crippen LogP contribution in [0.3, 0.4) is 0 Å². The van der Waals surface area contributed by atoms with Gasteiger partial charge in [-0.3, -0.25) is 9.59 Å². The van der Waals surface area contributed by atoms with Crippen LogP contribution in [0.2, 0.25) is 0 Å². The number of likely N-dealkylation sites (tertiary alicyclic amines) is 1. The van der Waals surface area contributed by atoms with E-state index in [0.717, 1.165) is 0 Å². The highest BCUT2D eigenvalue weighted by Crippen LogP contribution is 2.38. The number of carbonyl (C=O) groups excluding carboxylic acids is 1. The third-order valence-electron chi connectivity index (χ3n) is 4.60. The van der Waals surface area contributed by atoms with Crippen LogP contribution in [-0.2, 0) is 9.59 Å². The van der Waals surface area contributed by atoms with Crippen LogP contribution >= 0.6 is 0 Å². The van der Waals surface area contributed by atoms with Gasteiger partial charge in [0.25, 0.3) is 0 Å². The van der Waals surface area contributed by atoms with Crippen LogP contribution in [0.1, 0.15) is 33.1 Å². The molecule has 1 aliphatic heterocycles. The minimum absolute atomic E-state index is 0.0319. The number of carbonyl (C=O) groups is 2. The minimum Gasteiger partial charge on any atom is -0.481 e. The molecule has 0 aromatic carbocycles. The number of amides is 1. The summed E-state index contributed by atoms with van der Waals surface area (Å²) in [5.41, 5.74) is 0. The average molecular weight is 269 g/mol. The van der Waals surface area contributed by atoms with Crippen molar-refractivity contribution in [1.29, 1.82) is 0 Å². The lowest BCUT2D eigenvalue weighted by Gasteiger charge is -2.36. The number of carboxylic acids is 1. The maximum atomic E-state index is 12.5. The SMILES string of the molecule is CC1C[C@H](C(=O)N2CCC(O)C(C)C2)[C@H](C(=O)O)C1. The van der Waals surface area contributed by atoms with Gasteiger partial charge >= 0.3 is 5.97 Å². The van der Waals surface area contributed by atoms with Crippen molar-refractivity contribution in [1.82, 2.24) is 4.90 Å². The molecular formula is C14H23NO4. The van der Waals surface area contributed by atoms with Crippen molar-refractivity contribution < 1.29 is 19.8 Å². The van der Waals surface area contributed by atoms with E-state index in [1.807, 2.05) is 13.8 Å². The van der Waals surface area contributed by atoms with Gasteiger partial charge in [-0.1, -0.05) is 13.8 Å². The first-order valence-electron chi connectivity index (χ1n) is 7.09. The first-order valence-corrected chi connectivity index (χ1v) is 7.09. The van der Waals surface area contributed by atoms with Gasteiger partial charge in [0.05, 0.1) is 17.9 Å². The zero-order valence-electron chi connectivity index (χ0n) is 11.6. The number of hydrogen-bond acceptors (Lipinski definition) is 3. The summed E-state index contributed by atoms with van der Waals surface area (Å²) in [4.78, 5) is 25.5. The highest BCUT2D eigenvalue weighted by molar-refractivity contribution is 5.85. The lowest BCUT2D eigenvalue weighted by atomic mass is 9.91. The highest BCUT2D eigenvalue weighted by Gasteiger charge is 2.43. The fourth-order valence-corrected chi connectivity index (χ4v) is 3.41. The molecule has 1 amide bonds. The zero-order chi connectivity index (χ0) is 14.2. The Morgan fingerprint density at radius 1 is 1.16 bits per heavy atom. The number of carboxylic acid groups (broad SMARTS) is 1. The monoisotopic (exact) mass is 269 g/mol. The van der Waals surface area contributed by atoms with E-state index >= 15 is 0 Å². The molecule has 0 radical (unpaired) electrons. The third-order valence-corrected chi connectivity index (χ3v) is 4.60. The lowest BCUT2D eigenvalue weighted by Crippen LogP contribution is -2.48. The number of aliphatic hydroxyl groups excluding tert-OH is 1.